The number of benzene rings is 2. The van der Waals surface area contributed by atoms with E-state index in [4.69, 9.17) is 4.42 Å². The maximum atomic E-state index is 12.5. The molecule has 1 heterocycles. The maximum Gasteiger partial charge on any atom is 0.336 e. The van der Waals surface area contributed by atoms with E-state index in [1.807, 2.05) is 19.0 Å². The molecule has 1 N–H and O–H groups in total. The lowest BCUT2D eigenvalue weighted by molar-refractivity contribution is 0.561. The molecule has 0 aliphatic heterocycles. The molecule has 124 valence electrons. The van der Waals surface area contributed by atoms with Crippen molar-refractivity contribution in [2.75, 3.05) is 23.7 Å². The molecule has 24 heavy (non-hydrogen) atoms. The van der Waals surface area contributed by atoms with E-state index < -0.39 is 15.6 Å². The number of nitrogens with one attached hydrogen (secondary N) is 1. The zero-order valence-electron chi connectivity index (χ0n) is 13.2. The van der Waals surface area contributed by atoms with E-state index in [1.54, 1.807) is 48.5 Å². The van der Waals surface area contributed by atoms with Crippen molar-refractivity contribution in [1.82, 2.24) is 0 Å². The van der Waals surface area contributed by atoms with E-state index in [0.717, 1.165) is 5.69 Å². The summed E-state index contributed by atoms with van der Waals surface area (Å²) >= 11 is 0. The lowest BCUT2D eigenvalue weighted by atomic mass is 10.2. The van der Waals surface area contributed by atoms with Crippen LogP contribution in [0.1, 0.15) is 0 Å². The van der Waals surface area contributed by atoms with Gasteiger partial charge in [-0.25, -0.2) is 13.2 Å². The molecular formula is C17H16N2O4S. The van der Waals surface area contributed by atoms with E-state index in [2.05, 4.69) is 4.72 Å². The first kappa shape index (κ1) is 16.1. The summed E-state index contributed by atoms with van der Waals surface area (Å²) in [6.45, 7) is 0. The van der Waals surface area contributed by atoms with Gasteiger partial charge in [-0.05, 0) is 48.5 Å². The van der Waals surface area contributed by atoms with Crippen LogP contribution in [0, 0.1) is 0 Å². The van der Waals surface area contributed by atoms with Crippen LogP contribution in [-0.4, -0.2) is 22.5 Å². The highest BCUT2D eigenvalue weighted by Crippen LogP contribution is 2.22. The highest BCUT2D eigenvalue weighted by Gasteiger charge is 2.14. The molecule has 0 aliphatic carbocycles. The van der Waals surface area contributed by atoms with E-state index in [1.165, 1.54) is 6.07 Å². The Labute approximate surface area is 139 Å². The fourth-order valence-corrected chi connectivity index (χ4v) is 3.32. The molecule has 2 aromatic carbocycles. The number of fused-ring (bicyclic) bond motifs is 1. The quantitative estimate of drug-likeness (QED) is 0.736. The summed E-state index contributed by atoms with van der Waals surface area (Å²) in [5.74, 6) is 0. The molecule has 0 amide bonds. The first-order valence-corrected chi connectivity index (χ1v) is 8.68. The molecule has 6 nitrogen and oxygen atoms in total. The third-order valence-corrected chi connectivity index (χ3v) is 4.93. The van der Waals surface area contributed by atoms with Crippen molar-refractivity contribution in [2.24, 2.45) is 0 Å². The Balaban J connectivity index is 1.91. The third-order valence-electron chi connectivity index (χ3n) is 3.53. The molecule has 3 rings (SSSR count). The topological polar surface area (TPSA) is 79.6 Å². The van der Waals surface area contributed by atoms with Crippen molar-refractivity contribution in [1.29, 1.82) is 0 Å². The number of nitrogens with zero attached hydrogens (tertiary/aromatic N) is 1. The van der Waals surface area contributed by atoms with Gasteiger partial charge in [-0.1, -0.05) is 0 Å². The largest absolute Gasteiger partial charge is 0.423 e. The lowest BCUT2D eigenvalue weighted by Crippen LogP contribution is -2.14. The Hall–Kier alpha value is -2.80. The Bertz CT molecular complexity index is 1040. The zero-order chi connectivity index (χ0) is 17.3. The van der Waals surface area contributed by atoms with Crippen molar-refractivity contribution in [3.8, 4) is 0 Å². The van der Waals surface area contributed by atoms with Crippen LogP contribution in [0.15, 0.2) is 68.7 Å². The minimum absolute atomic E-state index is 0.174. The highest BCUT2D eigenvalue weighted by atomic mass is 32.2. The molecule has 0 fully saturated rings. The number of rotatable bonds is 4. The van der Waals surface area contributed by atoms with Gasteiger partial charge in [-0.15, -0.1) is 0 Å². The van der Waals surface area contributed by atoms with Gasteiger partial charge in [0.2, 0.25) is 0 Å². The van der Waals surface area contributed by atoms with Crippen LogP contribution in [0.3, 0.4) is 0 Å². The highest BCUT2D eigenvalue weighted by molar-refractivity contribution is 7.92. The Kier molecular flexibility index (Phi) is 4.02. The van der Waals surface area contributed by atoms with Crippen LogP contribution < -0.4 is 15.2 Å². The van der Waals surface area contributed by atoms with Crippen molar-refractivity contribution in [3.63, 3.8) is 0 Å². The summed E-state index contributed by atoms with van der Waals surface area (Å²) in [6.07, 6.45) is 0. The van der Waals surface area contributed by atoms with Crippen LogP contribution in [0.4, 0.5) is 11.4 Å². The molecule has 0 radical (unpaired) electrons. The SMILES string of the molecule is CN(C)c1ccc(S(=O)(=O)Nc2ccc3oc(=O)ccc3c2)cc1. The zero-order valence-corrected chi connectivity index (χ0v) is 14.0. The third kappa shape index (κ3) is 3.26. The molecule has 0 spiro atoms. The predicted octanol–water partition coefficient (Wildman–Crippen LogP) is 2.66. The predicted molar refractivity (Wildman–Crippen MR) is 94.1 cm³/mol. The summed E-state index contributed by atoms with van der Waals surface area (Å²) < 4.78 is 32.5. The molecule has 0 aliphatic rings. The van der Waals surface area contributed by atoms with E-state index in [0.29, 0.717) is 16.7 Å². The summed E-state index contributed by atoms with van der Waals surface area (Å²) in [6, 6.07) is 14.2. The van der Waals surface area contributed by atoms with Crippen molar-refractivity contribution >= 4 is 32.4 Å². The minimum atomic E-state index is -3.69. The normalized spacial score (nSPS) is 11.4. The Morgan fingerprint density at radius 1 is 0.958 bits per heavy atom. The summed E-state index contributed by atoms with van der Waals surface area (Å²) in [7, 11) is 0.0748. The van der Waals surface area contributed by atoms with Crippen molar-refractivity contribution < 1.29 is 12.8 Å². The molecule has 0 saturated heterocycles. The molecule has 0 bridgehead atoms. The van der Waals surface area contributed by atoms with Crippen LogP contribution in [0.2, 0.25) is 0 Å². The first-order valence-electron chi connectivity index (χ1n) is 7.19. The first-order chi connectivity index (χ1) is 11.3. The molecule has 3 aromatic rings. The van der Waals surface area contributed by atoms with Crippen LogP contribution in [0.5, 0.6) is 0 Å². The van der Waals surface area contributed by atoms with Crippen LogP contribution >= 0.6 is 0 Å². The van der Waals surface area contributed by atoms with Gasteiger partial charge >= 0.3 is 5.63 Å². The standard InChI is InChI=1S/C17H16N2O4S/c1-19(2)14-5-7-15(8-6-14)24(21,22)18-13-4-9-16-12(11-13)3-10-17(20)23-16/h3-11,18H,1-2H3. The maximum absolute atomic E-state index is 12.5. The van der Waals surface area contributed by atoms with Gasteiger partial charge in [0, 0.05) is 36.9 Å². The monoisotopic (exact) mass is 344 g/mol. The van der Waals surface area contributed by atoms with Crippen LogP contribution in [0.25, 0.3) is 11.0 Å². The number of hydrogen-bond acceptors (Lipinski definition) is 5. The lowest BCUT2D eigenvalue weighted by Gasteiger charge is -2.13. The van der Waals surface area contributed by atoms with E-state index in [9.17, 15) is 13.2 Å². The van der Waals surface area contributed by atoms with E-state index in [-0.39, 0.29) is 4.90 Å². The fourth-order valence-electron chi connectivity index (χ4n) is 2.27. The van der Waals surface area contributed by atoms with Gasteiger partial charge in [0.25, 0.3) is 10.0 Å². The van der Waals surface area contributed by atoms with Crippen molar-refractivity contribution in [3.05, 3.63) is 65.0 Å². The number of sulfonamides is 1. The van der Waals surface area contributed by atoms with Gasteiger partial charge < -0.3 is 9.32 Å². The number of hydrogen-bond donors (Lipinski definition) is 1. The van der Waals surface area contributed by atoms with Gasteiger partial charge in [0.05, 0.1) is 4.90 Å². The second kappa shape index (κ2) is 6.01. The second-order valence-electron chi connectivity index (χ2n) is 5.50. The average molecular weight is 344 g/mol. The molecule has 1 aromatic heterocycles. The Morgan fingerprint density at radius 3 is 2.33 bits per heavy atom. The molecule has 7 heteroatoms. The van der Waals surface area contributed by atoms with Gasteiger partial charge in [0.1, 0.15) is 5.58 Å². The Morgan fingerprint density at radius 2 is 1.67 bits per heavy atom. The molecule has 0 saturated carbocycles. The molecule has 0 unspecified atom stereocenters. The second-order valence-corrected chi connectivity index (χ2v) is 7.18. The minimum Gasteiger partial charge on any atom is -0.423 e. The molecular weight excluding hydrogens is 328 g/mol. The van der Waals surface area contributed by atoms with Gasteiger partial charge in [0.15, 0.2) is 0 Å². The summed E-state index contributed by atoms with van der Waals surface area (Å²) in [5.41, 5.74) is 1.26. The summed E-state index contributed by atoms with van der Waals surface area (Å²) in [5, 5.41) is 0.637. The van der Waals surface area contributed by atoms with Crippen LogP contribution in [-0.2, 0) is 10.0 Å². The molecule has 0 atom stereocenters. The average Bonchev–Trinajstić information content (AvgIpc) is 2.55. The van der Waals surface area contributed by atoms with Gasteiger partial charge in [-0.3, -0.25) is 4.72 Å². The summed E-state index contributed by atoms with van der Waals surface area (Å²) in [4.78, 5) is 13.2. The van der Waals surface area contributed by atoms with E-state index >= 15 is 0 Å². The smallest absolute Gasteiger partial charge is 0.336 e. The van der Waals surface area contributed by atoms with Crippen molar-refractivity contribution in [2.45, 2.75) is 4.90 Å². The number of anilines is 2. The fraction of sp³-hybridized carbons (Fsp3) is 0.118. The van der Waals surface area contributed by atoms with Gasteiger partial charge in [-0.2, -0.15) is 0 Å².